The molecule has 6 nitrogen and oxygen atoms in total. The van der Waals surface area contributed by atoms with Gasteiger partial charge in [0, 0.05) is 5.92 Å². The topological polar surface area (TPSA) is 84.8 Å². The van der Waals surface area contributed by atoms with Crippen molar-refractivity contribution < 1.29 is 18.0 Å². The molecule has 0 heterocycles. The summed E-state index contributed by atoms with van der Waals surface area (Å²) in [6.07, 6.45) is 2.75. The van der Waals surface area contributed by atoms with Crippen LogP contribution in [-0.2, 0) is 14.9 Å². The summed E-state index contributed by atoms with van der Waals surface area (Å²) < 4.78 is 28.2. The van der Waals surface area contributed by atoms with Crippen molar-refractivity contribution in [2.75, 3.05) is 0 Å². The molecule has 2 aliphatic carbocycles. The fraction of sp³-hybridized carbons (Fsp3) is 0.300. The molecule has 2 saturated carbocycles. The second-order valence-electron chi connectivity index (χ2n) is 6.94. The molecule has 140 valence electrons. The van der Waals surface area contributed by atoms with Crippen molar-refractivity contribution in [1.82, 2.24) is 4.72 Å². The lowest BCUT2D eigenvalue weighted by molar-refractivity contribution is 0.0512. The molecule has 3 atom stereocenters. The average Bonchev–Trinajstić information content (AvgIpc) is 3.29. The summed E-state index contributed by atoms with van der Waals surface area (Å²) in [5, 5.41) is 4.08. The molecule has 2 bridgehead atoms. The fourth-order valence-electron chi connectivity index (χ4n) is 3.93. The first-order valence-corrected chi connectivity index (χ1v) is 10.4. The van der Waals surface area contributed by atoms with Crippen LogP contribution >= 0.6 is 0 Å². The van der Waals surface area contributed by atoms with E-state index in [4.69, 9.17) is 4.84 Å². The summed E-state index contributed by atoms with van der Waals surface area (Å²) in [4.78, 5) is 17.5. The summed E-state index contributed by atoms with van der Waals surface area (Å²) in [6, 6.07) is 16.4. The molecular formula is C20H20N2O4S. The summed E-state index contributed by atoms with van der Waals surface area (Å²) >= 11 is 0. The highest BCUT2D eigenvalue weighted by Gasteiger charge is 2.47. The molecule has 2 aliphatic rings. The number of sulfonamides is 1. The van der Waals surface area contributed by atoms with E-state index in [1.165, 1.54) is 0 Å². The molecule has 0 amide bonds. The smallest absolute Gasteiger partial charge is 0.313 e. The normalized spacial score (nSPS) is 25.6. The van der Waals surface area contributed by atoms with Crippen molar-refractivity contribution in [2.45, 2.75) is 30.2 Å². The largest absolute Gasteiger partial charge is 0.365 e. The monoisotopic (exact) mass is 384 g/mol. The lowest BCUT2D eigenvalue weighted by Crippen LogP contribution is -2.44. The quantitative estimate of drug-likeness (QED) is 0.634. The third-order valence-electron chi connectivity index (χ3n) is 5.26. The second-order valence-corrected chi connectivity index (χ2v) is 8.66. The van der Waals surface area contributed by atoms with Crippen molar-refractivity contribution in [1.29, 1.82) is 0 Å². The number of carbonyl (C=O) groups excluding carboxylic acids is 1. The van der Waals surface area contributed by atoms with E-state index >= 15 is 0 Å². The first-order valence-electron chi connectivity index (χ1n) is 8.96. The first-order chi connectivity index (χ1) is 13.0. The van der Waals surface area contributed by atoms with E-state index in [-0.39, 0.29) is 16.7 Å². The zero-order chi connectivity index (χ0) is 18.9. The van der Waals surface area contributed by atoms with E-state index in [2.05, 4.69) is 9.88 Å². The summed E-state index contributed by atoms with van der Waals surface area (Å²) in [5.74, 6) is -0.208. The standard InChI is InChI=1S/C20H20N2O4S/c23-20(14-7-3-1-4-8-14)26-21-18-15-11-12-16(13-15)19(18)22-27(24,25)17-9-5-2-6-10-17/h1-10,15-16,19,22H,11-13H2/b21-18+/t15-,16+,19-/m0/s1. The van der Waals surface area contributed by atoms with Crippen molar-refractivity contribution in [2.24, 2.45) is 17.0 Å². The molecule has 4 rings (SSSR count). The second kappa shape index (κ2) is 7.25. The van der Waals surface area contributed by atoms with Crippen LogP contribution in [0.15, 0.2) is 70.7 Å². The van der Waals surface area contributed by atoms with E-state index in [0.29, 0.717) is 11.3 Å². The Morgan fingerprint density at radius 1 is 1.00 bits per heavy atom. The van der Waals surface area contributed by atoms with Crippen molar-refractivity contribution in [3.63, 3.8) is 0 Å². The van der Waals surface area contributed by atoms with Gasteiger partial charge >= 0.3 is 5.97 Å². The SMILES string of the molecule is O=C(O/N=C1\[C@H]2CC[C@H](C2)[C@@H]1NS(=O)(=O)c1ccccc1)c1ccccc1. The van der Waals surface area contributed by atoms with Crippen LogP contribution in [0.3, 0.4) is 0 Å². The molecule has 0 unspecified atom stereocenters. The van der Waals surface area contributed by atoms with Crippen LogP contribution in [0.5, 0.6) is 0 Å². The highest BCUT2D eigenvalue weighted by Crippen LogP contribution is 2.43. The Bertz CT molecular complexity index is 958. The third kappa shape index (κ3) is 3.65. The van der Waals surface area contributed by atoms with Crippen LogP contribution in [0.4, 0.5) is 0 Å². The summed E-state index contributed by atoms with van der Waals surface area (Å²) in [6.45, 7) is 0. The number of fused-ring (bicyclic) bond motifs is 2. The van der Waals surface area contributed by atoms with Crippen molar-refractivity contribution in [3.8, 4) is 0 Å². The van der Waals surface area contributed by atoms with E-state index in [0.717, 1.165) is 19.3 Å². The van der Waals surface area contributed by atoms with Gasteiger partial charge in [-0.15, -0.1) is 0 Å². The molecule has 27 heavy (non-hydrogen) atoms. The van der Waals surface area contributed by atoms with Crippen LogP contribution in [-0.4, -0.2) is 26.1 Å². The van der Waals surface area contributed by atoms with Gasteiger partial charge in [-0.25, -0.2) is 17.9 Å². The lowest BCUT2D eigenvalue weighted by atomic mass is 9.94. The highest BCUT2D eigenvalue weighted by atomic mass is 32.2. The predicted molar refractivity (Wildman–Crippen MR) is 101 cm³/mol. The number of hydrogen-bond acceptors (Lipinski definition) is 5. The maximum absolute atomic E-state index is 12.7. The fourth-order valence-corrected chi connectivity index (χ4v) is 5.23. The number of nitrogens with one attached hydrogen (secondary N) is 1. The number of rotatable bonds is 5. The number of carbonyl (C=O) groups is 1. The van der Waals surface area contributed by atoms with Gasteiger partial charge < -0.3 is 4.84 Å². The lowest BCUT2D eigenvalue weighted by Gasteiger charge is -2.24. The van der Waals surface area contributed by atoms with Crippen LogP contribution in [0.2, 0.25) is 0 Å². The Kier molecular flexibility index (Phi) is 4.80. The molecule has 7 heteroatoms. The van der Waals surface area contributed by atoms with Crippen LogP contribution in [0, 0.1) is 11.8 Å². The molecule has 0 radical (unpaired) electrons. The molecule has 1 N–H and O–H groups in total. The number of nitrogens with zero attached hydrogens (tertiary/aromatic N) is 1. The minimum absolute atomic E-state index is 0.155. The van der Waals surface area contributed by atoms with Gasteiger partial charge in [0.1, 0.15) is 0 Å². The van der Waals surface area contributed by atoms with Gasteiger partial charge in [-0.1, -0.05) is 41.6 Å². The van der Waals surface area contributed by atoms with Crippen LogP contribution in [0.25, 0.3) is 0 Å². The summed E-state index contributed by atoms with van der Waals surface area (Å²) in [7, 11) is -3.66. The Morgan fingerprint density at radius 2 is 1.67 bits per heavy atom. The van der Waals surface area contributed by atoms with Gasteiger partial charge in [-0.2, -0.15) is 0 Å². The van der Waals surface area contributed by atoms with Gasteiger partial charge in [-0.3, -0.25) is 0 Å². The van der Waals surface area contributed by atoms with Gasteiger partial charge in [0.25, 0.3) is 0 Å². The number of oxime groups is 1. The Labute approximate surface area is 158 Å². The van der Waals surface area contributed by atoms with Gasteiger partial charge in [-0.05, 0) is 49.4 Å². The van der Waals surface area contributed by atoms with Gasteiger partial charge in [0.15, 0.2) is 0 Å². The molecule has 0 aliphatic heterocycles. The van der Waals surface area contributed by atoms with Gasteiger partial charge in [0.05, 0.1) is 22.2 Å². The molecular weight excluding hydrogens is 364 g/mol. The zero-order valence-corrected chi connectivity index (χ0v) is 15.4. The van der Waals surface area contributed by atoms with Crippen molar-refractivity contribution in [3.05, 3.63) is 66.2 Å². The number of benzene rings is 2. The molecule has 2 aromatic carbocycles. The highest BCUT2D eigenvalue weighted by molar-refractivity contribution is 7.89. The Morgan fingerprint density at radius 3 is 2.37 bits per heavy atom. The van der Waals surface area contributed by atoms with E-state index in [1.807, 2.05) is 6.07 Å². The third-order valence-corrected chi connectivity index (χ3v) is 6.72. The molecule has 0 saturated heterocycles. The van der Waals surface area contributed by atoms with Crippen LogP contribution in [0.1, 0.15) is 29.6 Å². The summed E-state index contributed by atoms with van der Waals surface area (Å²) in [5.41, 5.74) is 1.03. The van der Waals surface area contributed by atoms with E-state index in [9.17, 15) is 13.2 Å². The van der Waals surface area contributed by atoms with Crippen LogP contribution < -0.4 is 4.72 Å². The Balaban J connectivity index is 1.54. The van der Waals surface area contributed by atoms with E-state index < -0.39 is 22.0 Å². The molecule has 0 aromatic heterocycles. The van der Waals surface area contributed by atoms with Crippen molar-refractivity contribution >= 4 is 21.7 Å². The minimum atomic E-state index is -3.66. The predicted octanol–water partition coefficient (Wildman–Crippen LogP) is 2.98. The maximum Gasteiger partial charge on any atom is 0.365 e. The minimum Gasteiger partial charge on any atom is -0.313 e. The maximum atomic E-state index is 12.7. The molecule has 0 spiro atoms. The Hall–Kier alpha value is -2.51. The average molecular weight is 384 g/mol. The zero-order valence-electron chi connectivity index (χ0n) is 14.6. The number of hydrogen-bond donors (Lipinski definition) is 1. The first kappa shape index (κ1) is 17.9. The van der Waals surface area contributed by atoms with Gasteiger partial charge in [0.2, 0.25) is 10.0 Å². The molecule has 2 aromatic rings. The van der Waals surface area contributed by atoms with E-state index in [1.54, 1.807) is 54.6 Å². The molecule has 2 fully saturated rings.